The highest BCUT2D eigenvalue weighted by Gasteiger charge is 2.23. The second kappa shape index (κ2) is 7.02. The normalized spacial score (nSPS) is 26.0. The fourth-order valence-corrected chi connectivity index (χ4v) is 3.21. The van der Waals surface area contributed by atoms with Gasteiger partial charge in [0.05, 0.1) is 12.3 Å². The van der Waals surface area contributed by atoms with Gasteiger partial charge in [0, 0.05) is 25.7 Å². The van der Waals surface area contributed by atoms with Gasteiger partial charge in [-0.3, -0.25) is 0 Å². The predicted octanol–water partition coefficient (Wildman–Crippen LogP) is 2.23. The van der Waals surface area contributed by atoms with E-state index < -0.39 is 0 Å². The van der Waals surface area contributed by atoms with Crippen molar-refractivity contribution in [2.75, 3.05) is 29.9 Å². The number of hydrogen-bond acceptors (Lipinski definition) is 6. The van der Waals surface area contributed by atoms with Crippen LogP contribution in [-0.2, 0) is 4.74 Å². The summed E-state index contributed by atoms with van der Waals surface area (Å²) in [6, 6.07) is 0.550. The van der Waals surface area contributed by atoms with E-state index in [0.717, 1.165) is 50.7 Å². The topological polar surface area (TPSA) is 63.2 Å². The van der Waals surface area contributed by atoms with Gasteiger partial charge in [-0.1, -0.05) is 6.92 Å². The Morgan fingerprint density at radius 3 is 3.10 bits per heavy atom. The molecule has 21 heavy (non-hydrogen) atoms. The molecule has 2 atom stereocenters. The first kappa shape index (κ1) is 14.5. The van der Waals surface area contributed by atoms with Crippen LogP contribution in [0.1, 0.15) is 45.4 Å². The Kier molecular flexibility index (Phi) is 4.85. The minimum absolute atomic E-state index is 0.307. The molecular weight excluding hydrogens is 266 g/mol. The molecule has 2 fully saturated rings. The molecule has 2 aliphatic rings. The Morgan fingerprint density at radius 2 is 2.29 bits per heavy atom. The van der Waals surface area contributed by atoms with E-state index in [0.29, 0.717) is 12.1 Å². The predicted molar refractivity (Wildman–Crippen MR) is 82.6 cm³/mol. The Morgan fingerprint density at radius 1 is 1.33 bits per heavy atom. The maximum atomic E-state index is 5.62. The molecular formula is C15H25N5O. The van der Waals surface area contributed by atoms with Crippen LogP contribution in [0.2, 0.25) is 0 Å². The largest absolute Gasteiger partial charge is 0.376 e. The molecule has 0 radical (unpaired) electrons. The van der Waals surface area contributed by atoms with Crippen molar-refractivity contribution in [3.05, 3.63) is 6.20 Å². The zero-order chi connectivity index (χ0) is 14.5. The lowest BCUT2D eigenvalue weighted by Gasteiger charge is -2.34. The van der Waals surface area contributed by atoms with E-state index in [1.54, 1.807) is 6.20 Å². The van der Waals surface area contributed by atoms with Crippen LogP contribution in [0.4, 0.5) is 11.8 Å². The molecule has 0 amide bonds. The third-order valence-corrected chi connectivity index (χ3v) is 4.44. The van der Waals surface area contributed by atoms with Gasteiger partial charge in [0.1, 0.15) is 0 Å². The lowest BCUT2D eigenvalue weighted by molar-refractivity contribution is 0.120. The van der Waals surface area contributed by atoms with Gasteiger partial charge < -0.3 is 15.0 Å². The maximum Gasteiger partial charge on any atom is 0.247 e. The van der Waals surface area contributed by atoms with E-state index in [9.17, 15) is 0 Å². The van der Waals surface area contributed by atoms with Crippen LogP contribution in [0, 0.1) is 0 Å². The second-order valence-corrected chi connectivity index (χ2v) is 5.91. The van der Waals surface area contributed by atoms with E-state index in [4.69, 9.17) is 4.74 Å². The van der Waals surface area contributed by atoms with Crippen LogP contribution in [0.15, 0.2) is 6.20 Å². The summed E-state index contributed by atoms with van der Waals surface area (Å²) >= 11 is 0. The molecule has 0 spiro atoms. The van der Waals surface area contributed by atoms with Crippen molar-refractivity contribution in [2.24, 2.45) is 0 Å². The Labute approximate surface area is 126 Å². The molecule has 3 rings (SSSR count). The summed E-state index contributed by atoms with van der Waals surface area (Å²) in [5, 5.41) is 11.7. The highest BCUT2D eigenvalue weighted by molar-refractivity contribution is 5.40. The zero-order valence-electron chi connectivity index (χ0n) is 12.8. The number of hydrogen-bond donors (Lipinski definition) is 1. The number of ether oxygens (including phenoxy) is 1. The Balaban J connectivity index is 1.64. The van der Waals surface area contributed by atoms with Gasteiger partial charge >= 0.3 is 0 Å². The van der Waals surface area contributed by atoms with Crippen molar-refractivity contribution < 1.29 is 4.74 Å². The molecule has 0 bridgehead atoms. The fourth-order valence-electron chi connectivity index (χ4n) is 3.21. The number of nitrogens with one attached hydrogen (secondary N) is 1. The Bertz CT molecular complexity index is 449. The number of nitrogens with zero attached hydrogens (tertiary/aromatic N) is 4. The first-order valence-corrected chi connectivity index (χ1v) is 8.18. The smallest absolute Gasteiger partial charge is 0.247 e. The minimum atomic E-state index is 0.307. The van der Waals surface area contributed by atoms with E-state index in [2.05, 4.69) is 32.3 Å². The van der Waals surface area contributed by atoms with Crippen molar-refractivity contribution in [1.82, 2.24) is 15.2 Å². The van der Waals surface area contributed by atoms with Gasteiger partial charge in [-0.2, -0.15) is 10.1 Å². The molecule has 6 heteroatoms. The van der Waals surface area contributed by atoms with Crippen LogP contribution in [0.25, 0.3) is 0 Å². The number of rotatable bonds is 5. The third-order valence-electron chi connectivity index (χ3n) is 4.44. The van der Waals surface area contributed by atoms with Crippen molar-refractivity contribution >= 4 is 11.8 Å². The molecule has 1 aromatic rings. The molecule has 2 unspecified atom stereocenters. The average molecular weight is 291 g/mol. The highest BCUT2D eigenvalue weighted by Crippen LogP contribution is 2.24. The Hall–Kier alpha value is -1.43. The lowest BCUT2D eigenvalue weighted by Crippen LogP contribution is -2.40. The van der Waals surface area contributed by atoms with E-state index in [1.807, 2.05) is 0 Å². The average Bonchev–Trinajstić information content (AvgIpc) is 3.06. The van der Waals surface area contributed by atoms with E-state index >= 15 is 0 Å². The molecule has 0 saturated carbocycles. The molecule has 2 aliphatic heterocycles. The lowest BCUT2D eigenvalue weighted by atomic mass is 10.0. The van der Waals surface area contributed by atoms with Gasteiger partial charge in [-0.25, -0.2) is 0 Å². The van der Waals surface area contributed by atoms with Crippen LogP contribution in [-0.4, -0.2) is 47.0 Å². The summed E-state index contributed by atoms with van der Waals surface area (Å²) in [4.78, 5) is 6.95. The minimum Gasteiger partial charge on any atom is -0.376 e. The van der Waals surface area contributed by atoms with Crippen LogP contribution in [0.5, 0.6) is 0 Å². The van der Waals surface area contributed by atoms with Crippen LogP contribution < -0.4 is 10.2 Å². The molecule has 0 aromatic carbocycles. The molecule has 2 saturated heterocycles. The quantitative estimate of drug-likeness (QED) is 0.897. The molecule has 6 nitrogen and oxygen atoms in total. The summed E-state index contributed by atoms with van der Waals surface area (Å²) in [5.41, 5.74) is 0. The summed E-state index contributed by atoms with van der Waals surface area (Å²) in [6.07, 6.45) is 9.18. The van der Waals surface area contributed by atoms with Crippen LogP contribution >= 0.6 is 0 Å². The zero-order valence-corrected chi connectivity index (χ0v) is 12.8. The van der Waals surface area contributed by atoms with E-state index in [1.165, 1.54) is 19.3 Å². The number of aromatic nitrogens is 3. The molecule has 1 N–H and O–H groups in total. The standard InChI is InChI=1S/C15H25N5O/c1-2-12-6-3-4-8-20(12)15-18-14(11-17-19-15)16-10-13-7-5-9-21-13/h11-13H,2-10H2,1H3,(H,16,18,19). The van der Waals surface area contributed by atoms with Crippen LogP contribution in [0.3, 0.4) is 0 Å². The molecule has 116 valence electrons. The van der Waals surface area contributed by atoms with Gasteiger partial charge in [-0.05, 0) is 38.5 Å². The molecule has 0 aliphatic carbocycles. The fraction of sp³-hybridized carbons (Fsp3) is 0.800. The number of piperidine rings is 1. The maximum absolute atomic E-state index is 5.62. The van der Waals surface area contributed by atoms with Crippen molar-refractivity contribution in [3.8, 4) is 0 Å². The monoisotopic (exact) mass is 291 g/mol. The van der Waals surface area contributed by atoms with Gasteiger partial charge in [-0.15, -0.1) is 5.10 Å². The van der Waals surface area contributed by atoms with Gasteiger partial charge in [0.25, 0.3) is 0 Å². The third kappa shape index (κ3) is 3.61. The summed E-state index contributed by atoms with van der Waals surface area (Å²) in [6.45, 7) is 4.95. The van der Waals surface area contributed by atoms with Crippen molar-refractivity contribution in [3.63, 3.8) is 0 Å². The molecule has 1 aromatic heterocycles. The van der Waals surface area contributed by atoms with E-state index in [-0.39, 0.29) is 0 Å². The second-order valence-electron chi connectivity index (χ2n) is 5.91. The first-order valence-electron chi connectivity index (χ1n) is 8.18. The SMILES string of the molecule is CCC1CCCCN1c1nncc(NCC2CCCO2)n1. The summed E-state index contributed by atoms with van der Waals surface area (Å²) in [5.74, 6) is 1.56. The van der Waals surface area contributed by atoms with Gasteiger partial charge in [0.15, 0.2) is 5.82 Å². The van der Waals surface area contributed by atoms with Crippen molar-refractivity contribution in [1.29, 1.82) is 0 Å². The van der Waals surface area contributed by atoms with Crippen molar-refractivity contribution in [2.45, 2.75) is 57.6 Å². The number of anilines is 2. The highest BCUT2D eigenvalue weighted by atomic mass is 16.5. The van der Waals surface area contributed by atoms with Gasteiger partial charge in [0.2, 0.25) is 5.95 Å². The summed E-state index contributed by atoms with van der Waals surface area (Å²) < 4.78 is 5.62. The molecule has 3 heterocycles. The first-order chi connectivity index (χ1) is 10.4. The summed E-state index contributed by atoms with van der Waals surface area (Å²) in [7, 11) is 0.